The number of nitrogens with zero attached hydrogens (tertiary/aromatic N) is 1. The lowest BCUT2D eigenvalue weighted by Gasteiger charge is -2.19. The monoisotopic (exact) mass is 316 g/mol. The number of anilines is 1. The zero-order chi connectivity index (χ0) is 17.2. The molecule has 0 unspecified atom stereocenters. The molecule has 1 aromatic rings. The Hall–Kier alpha value is -2.89. The molecule has 0 atom stereocenters. The Kier molecular flexibility index (Phi) is 7.26. The van der Waals surface area contributed by atoms with Crippen LogP contribution in [0, 0.1) is 0 Å². The number of nitrogens with one attached hydrogen (secondary N) is 1. The van der Waals surface area contributed by atoms with Crippen LogP contribution >= 0.6 is 0 Å². The van der Waals surface area contributed by atoms with Crippen LogP contribution in [0.2, 0.25) is 0 Å². The number of esters is 1. The van der Waals surface area contributed by atoms with Gasteiger partial charge in [-0.2, -0.15) is 0 Å². The van der Waals surface area contributed by atoms with Gasteiger partial charge in [0.05, 0.1) is 5.56 Å². The topological polar surface area (TPSA) is 75.7 Å². The van der Waals surface area contributed by atoms with Crippen molar-refractivity contribution in [3.8, 4) is 0 Å². The summed E-state index contributed by atoms with van der Waals surface area (Å²) in [6.07, 6.45) is 3.17. The summed E-state index contributed by atoms with van der Waals surface area (Å²) in [7, 11) is 0. The quantitative estimate of drug-likeness (QED) is 0.588. The molecule has 1 N–H and O–H groups in total. The number of hydrogen-bond acceptors (Lipinski definition) is 4. The summed E-state index contributed by atoms with van der Waals surface area (Å²) >= 11 is 0. The zero-order valence-corrected chi connectivity index (χ0v) is 13.1. The van der Waals surface area contributed by atoms with Crippen LogP contribution in [-0.2, 0) is 14.3 Å². The van der Waals surface area contributed by atoms with Gasteiger partial charge in [0, 0.05) is 25.7 Å². The summed E-state index contributed by atoms with van der Waals surface area (Å²) in [6.45, 7) is 8.84. The molecule has 0 fully saturated rings. The maximum Gasteiger partial charge on any atom is 0.338 e. The first-order valence-corrected chi connectivity index (χ1v) is 7.02. The van der Waals surface area contributed by atoms with Gasteiger partial charge in [-0.1, -0.05) is 18.2 Å². The van der Waals surface area contributed by atoms with E-state index in [2.05, 4.69) is 18.5 Å². The van der Waals surface area contributed by atoms with E-state index in [1.807, 2.05) is 0 Å². The maximum absolute atomic E-state index is 12.0. The fourth-order valence-electron chi connectivity index (χ4n) is 1.82. The Morgan fingerprint density at radius 3 is 2.43 bits per heavy atom. The average Bonchev–Trinajstić information content (AvgIpc) is 2.51. The van der Waals surface area contributed by atoms with Crippen molar-refractivity contribution in [3.05, 3.63) is 55.1 Å². The Labute approximate surface area is 135 Å². The van der Waals surface area contributed by atoms with E-state index >= 15 is 0 Å². The van der Waals surface area contributed by atoms with Crippen LogP contribution in [0.25, 0.3) is 0 Å². The molecule has 1 aromatic carbocycles. The van der Waals surface area contributed by atoms with Crippen LogP contribution in [0.15, 0.2) is 49.6 Å². The van der Waals surface area contributed by atoms with Crippen molar-refractivity contribution >= 4 is 23.5 Å². The molecule has 0 saturated heterocycles. The smallest absolute Gasteiger partial charge is 0.338 e. The average molecular weight is 316 g/mol. The van der Waals surface area contributed by atoms with Crippen LogP contribution in [-0.4, -0.2) is 42.4 Å². The normalized spacial score (nSPS) is 9.61. The van der Waals surface area contributed by atoms with Crippen LogP contribution in [0.5, 0.6) is 0 Å². The first kappa shape index (κ1) is 18.2. The highest BCUT2D eigenvalue weighted by Gasteiger charge is 2.15. The van der Waals surface area contributed by atoms with E-state index in [-0.39, 0.29) is 24.0 Å². The van der Waals surface area contributed by atoms with Gasteiger partial charge in [0.1, 0.15) is 0 Å². The minimum Gasteiger partial charge on any atom is -0.452 e. The van der Waals surface area contributed by atoms with Gasteiger partial charge in [0.25, 0.3) is 5.91 Å². The zero-order valence-electron chi connectivity index (χ0n) is 13.1. The van der Waals surface area contributed by atoms with E-state index in [4.69, 9.17) is 4.74 Å². The Morgan fingerprint density at radius 1 is 1.22 bits per heavy atom. The highest BCUT2D eigenvalue weighted by atomic mass is 16.5. The van der Waals surface area contributed by atoms with Crippen LogP contribution in [0.1, 0.15) is 17.3 Å². The van der Waals surface area contributed by atoms with Crippen molar-refractivity contribution in [1.29, 1.82) is 0 Å². The number of hydrogen-bond donors (Lipinski definition) is 1. The van der Waals surface area contributed by atoms with Gasteiger partial charge in [-0.25, -0.2) is 4.79 Å². The maximum atomic E-state index is 12.0. The van der Waals surface area contributed by atoms with E-state index in [9.17, 15) is 14.4 Å². The first-order chi connectivity index (χ1) is 11.0. The third kappa shape index (κ3) is 6.17. The molecule has 6 heteroatoms. The molecule has 0 spiro atoms. The third-order valence-electron chi connectivity index (χ3n) is 2.80. The predicted octanol–water partition coefficient (Wildman–Crippen LogP) is 2.00. The summed E-state index contributed by atoms with van der Waals surface area (Å²) in [6, 6.07) is 6.30. The third-order valence-corrected chi connectivity index (χ3v) is 2.80. The summed E-state index contributed by atoms with van der Waals surface area (Å²) in [5.41, 5.74) is 0.737. The SMILES string of the molecule is C=CCN(CC=C)C(=O)COC(=O)c1cccc(NC(C)=O)c1. The van der Waals surface area contributed by atoms with E-state index in [1.165, 1.54) is 17.9 Å². The molecule has 0 aliphatic rings. The van der Waals surface area contributed by atoms with E-state index in [1.54, 1.807) is 30.4 Å². The minimum absolute atomic E-state index is 0.241. The fourth-order valence-corrected chi connectivity index (χ4v) is 1.82. The van der Waals surface area contributed by atoms with Gasteiger partial charge < -0.3 is 15.0 Å². The molecule has 0 heterocycles. The molecular formula is C17H20N2O4. The fraction of sp³-hybridized carbons (Fsp3) is 0.235. The van der Waals surface area contributed by atoms with Crippen LogP contribution < -0.4 is 5.32 Å². The van der Waals surface area contributed by atoms with Crippen LogP contribution in [0.4, 0.5) is 5.69 Å². The van der Waals surface area contributed by atoms with Gasteiger partial charge in [0.2, 0.25) is 5.91 Å². The molecule has 0 radical (unpaired) electrons. The number of carbonyl (C=O) groups excluding carboxylic acids is 3. The van der Waals surface area contributed by atoms with Gasteiger partial charge >= 0.3 is 5.97 Å². The standard InChI is InChI=1S/C17H20N2O4/c1-4-9-19(10-5-2)16(21)12-23-17(22)14-7-6-8-15(11-14)18-13(3)20/h4-8,11H,1-2,9-10,12H2,3H3,(H,18,20). The molecule has 0 bridgehead atoms. The number of benzene rings is 1. The number of ether oxygens (including phenoxy) is 1. The highest BCUT2D eigenvalue weighted by molar-refractivity contribution is 5.94. The number of amides is 2. The molecule has 2 amide bonds. The molecule has 0 aliphatic heterocycles. The molecule has 0 saturated carbocycles. The molecule has 6 nitrogen and oxygen atoms in total. The first-order valence-electron chi connectivity index (χ1n) is 7.02. The lowest BCUT2D eigenvalue weighted by Crippen LogP contribution is -2.35. The van der Waals surface area contributed by atoms with Gasteiger partial charge in [-0.3, -0.25) is 9.59 Å². The van der Waals surface area contributed by atoms with Gasteiger partial charge in [-0.05, 0) is 18.2 Å². The van der Waals surface area contributed by atoms with Crippen molar-refractivity contribution in [2.45, 2.75) is 6.92 Å². The highest BCUT2D eigenvalue weighted by Crippen LogP contribution is 2.11. The van der Waals surface area contributed by atoms with Gasteiger partial charge in [-0.15, -0.1) is 13.2 Å². The van der Waals surface area contributed by atoms with E-state index in [0.29, 0.717) is 18.8 Å². The van der Waals surface area contributed by atoms with Crippen molar-refractivity contribution in [2.24, 2.45) is 0 Å². The molecule has 0 aliphatic carbocycles. The van der Waals surface area contributed by atoms with Crippen molar-refractivity contribution in [2.75, 3.05) is 25.0 Å². The van der Waals surface area contributed by atoms with Crippen molar-refractivity contribution in [1.82, 2.24) is 4.90 Å². The van der Waals surface area contributed by atoms with Crippen molar-refractivity contribution < 1.29 is 19.1 Å². The Morgan fingerprint density at radius 2 is 1.87 bits per heavy atom. The minimum atomic E-state index is -0.636. The summed E-state index contributed by atoms with van der Waals surface area (Å²) in [5.74, 6) is -1.21. The lowest BCUT2D eigenvalue weighted by atomic mass is 10.2. The molecule has 1 rings (SSSR count). The molecule has 0 aromatic heterocycles. The summed E-state index contributed by atoms with van der Waals surface area (Å²) in [5, 5.41) is 2.57. The molecule has 23 heavy (non-hydrogen) atoms. The lowest BCUT2D eigenvalue weighted by molar-refractivity contribution is -0.133. The second-order valence-corrected chi connectivity index (χ2v) is 4.71. The second-order valence-electron chi connectivity index (χ2n) is 4.71. The van der Waals surface area contributed by atoms with E-state index < -0.39 is 5.97 Å². The summed E-state index contributed by atoms with van der Waals surface area (Å²) in [4.78, 5) is 36.4. The summed E-state index contributed by atoms with van der Waals surface area (Å²) < 4.78 is 5.01. The van der Waals surface area contributed by atoms with Crippen LogP contribution in [0.3, 0.4) is 0 Å². The Balaban J connectivity index is 2.65. The number of carbonyl (C=O) groups is 3. The molecule has 122 valence electrons. The van der Waals surface area contributed by atoms with Crippen molar-refractivity contribution in [3.63, 3.8) is 0 Å². The second kappa shape index (κ2) is 9.19. The van der Waals surface area contributed by atoms with E-state index in [0.717, 1.165) is 0 Å². The number of rotatable bonds is 8. The Bertz CT molecular complexity index is 600. The molecular weight excluding hydrogens is 296 g/mol. The largest absolute Gasteiger partial charge is 0.452 e. The van der Waals surface area contributed by atoms with Gasteiger partial charge in [0.15, 0.2) is 6.61 Å². The predicted molar refractivity (Wildman–Crippen MR) is 88.0 cm³/mol.